The highest BCUT2D eigenvalue weighted by molar-refractivity contribution is 5.91. The number of nitrogens with zero attached hydrogens (tertiary/aromatic N) is 1. The van der Waals surface area contributed by atoms with Gasteiger partial charge in [0.2, 0.25) is 0 Å². The van der Waals surface area contributed by atoms with Crippen LogP contribution < -0.4 is 0 Å². The van der Waals surface area contributed by atoms with Crippen molar-refractivity contribution in [3.8, 4) is 0 Å². The Bertz CT molecular complexity index is 638. The molecule has 1 heteroatoms. The third-order valence-corrected chi connectivity index (χ3v) is 4.09. The lowest BCUT2D eigenvalue weighted by molar-refractivity contribution is 0.750. The maximum absolute atomic E-state index is 4.72. The van der Waals surface area contributed by atoms with E-state index in [1.54, 1.807) is 0 Å². The van der Waals surface area contributed by atoms with E-state index in [2.05, 4.69) is 50.2 Å². The van der Waals surface area contributed by atoms with Crippen molar-refractivity contribution in [3.63, 3.8) is 0 Å². The number of rotatable bonds is 2. The molecule has 0 atom stereocenters. The van der Waals surface area contributed by atoms with Gasteiger partial charge < -0.3 is 0 Å². The van der Waals surface area contributed by atoms with Gasteiger partial charge in [-0.05, 0) is 67.4 Å². The maximum Gasteiger partial charge on any atom is 0.0693 e. The second kappa shape index (κ2) is 5.62. The van der Waals surface area contributed by atoms with Crippen molar-refractivity contribution in [2.75, 3.05) is 0 Å². The first-order valence-electron chi connectivity index (χ1n) is 7.47. The first-order chi connectivity index (χ1) is 9.75. The molecule has 1 heterocycles. The Morgan fingerprint density at radius 2 is 1.60 bits per heavy atom. The van der Waals surface area contributed by atoms with Gasteiger partial charge in [-0.3, -0.25) is 4.98 Å². The second-order valence-corrected chi connectivity index (χ2v) is 5.71. The summed E-state index contributed by atoms with van der Waals surface area (Å²) >= 11 is 0. The first-order valence-corrected chi connectivity index (χ1v) is 7.47. The van der Waals surface area contributed by atoms with Gasteiger partial charge >= 0.3 is 0 Å². The van der Waals surface area contributed by atoms with Crippen molar-refractivity contribution in [1.29, 1.82) is 0 Å². The van der Waals surface area contributed by atoms with Gasteiger partial charge in [0.1, 0.15) is 0 Å². The summed E-state index contributed by atoms with van der Waals surface area (Å²) in [5.74, 6) is 0. The van der Waals surface area contributed by atoms with E-state index in [-0.39, 0.29) is 0 Å². The Balaban J connectivity index is 2.14. The molecule has 2 aromatic rings. The highest BCUT2D eigenvalue weighted by Gasteiger charge is 2.18. The predicted octanol–water partition coefficient (Wildman–Crippen LogP) is 5.18. The molecule has 102 valence electrons. The van der Waals surface area contributed by atoms with Crippen LogP contribution in [0, 0.1) is 13.8 Å². The Labute approximate surface area is 121 Å². The highest BCUT2D eigenvalue weighted by Crippen LogP contribution is 2.38. The van der Waals surface area contributed by atoms with Crippen LogP contribution in [0.2, 0.25) is 0 Å². The third kappa shape index (κ3) is 2.53. The van der Waals surface area contributed by atoms with Gasteiger partial charge in [-0.25, -0.2) is 0 Å². The van der Waals surface area contributed by atoms with Crippen LogP contribution in [-0.2, 0) is 0 Å². The van der Waals surface area contributed by atoms with Gasteiger partial charge in [-0.15, -0.1) is 0 Å². The molecule has 1 nitrogen and oxygen atoms in total. The molecule has 1 aliphatic rings. The molecule has 0 saturated heterocycles. The topological polar surface area (TPSA) is 12.9 Å². The summed E-state index contributed by atoms with van der Waals surface area (Å²) < 4.78 is 0. The van der Waals surface area contributed by atoms with Gasteiger partial charge in [-0.2, -0.15) is 0 Å². The largest absolute Gasteiger partial charge is 0.256 e. The summed E-state index contributed by atoms with van der Waals surface area (Å²) in [5, 5.41) is 0. The van der Waals surface area contributed by atoms with Gasteiger partial charge in [0, 0.05) is 6.20 Å². The van der Waals surface area contributed by atoms with Crippen molar-refractivity contribution in [1.82, 2.24) is 4.98 Å². The molecule has 1 aromatic carbocycles. The monoisotopic (exact) mass is 263 g/mol. The quantitative estimate of drug-likeness (QED) is 0.727. The number of hydrogen-bond donors (Lipinski definition) is 0. The van der Waals surface area contributed by atoms with E-state index in [9.17, 15) is 0 Å². The summed E-state index contributed by atoms with van der Waals surface area (Å²) in [4.78, 5) is 4.72. The van der Waals surface area contributed by atoms with E-state index < -0.39 is 0 Å². The van der Waals surface area contributed by atoms with Crippen LogP contribution in [0.3, 0.4) is 0 Å². The zero-order valence-electron chi connectivity index (χ0n) is 12.3. The van der Waals surface area contributed by atoms with Crippen LogP contribution in [0.4, 0.5) is 0 Å². The first kappa shape index (κ1) is 13.1. The minimum Gasteiger partial charge on any atom is -0.256 e. The molecule has 0 amide bonds. The summed E-state index contributed by atoms with van der Waals surface area (Å²) in [7, 11) is 0. The summed E-state index contributed by atoms with van der Waals surface area (Å²) in [6.07, 6.45) is 6.89. The molecule has 0 N–H and O–H groups in total. The van der Waals surface area contributed by atoms with Crippen LogP contribution in [-0.4, -0.2) is 4.98 Å². The Hall–Kier alpha value is -1.89. The smallest absolute Gasteiger partial charge is 0.0693 e. The van der Waals surface area contributed by atoms with Gasteiger partial charge in [0.25, 0.3) is 0 Å². The molecule has 0 fully saturated rings. The lowest BCUT2D eigenvalue weighted by Crippen LogP contribution is -2.03. The van der Waals surface area contributed by atoms with Crippen molar-refractivity contribution in [2.45, 2.75) is 39.5 Å². The number of pyridine rings is 1. The Morgan fingerprint density at radius 3 is 2.30 bits per heavy atom. The fraction of sp³-hybridized carbons (Fsp3) is 0.316. The van der Waals surface area contributed by atoms with Gasteiger partial charge in [0.05, 0.1) is 5.69 Å². The van der Waals surface area contributed by atoms with E-state index in [0.717, 1.165) is 6.42 Å². The summed E-state index contributed by atoms with van der Waals surface area (Å²) in [5.41, 5.74) is 8.06. The molecule has 0 saturated carbocycles. The number of aromatic nitrogens is 1. The molecule has 0 spiro atoms. The molecular formula is C19H21N. The molecule has 3 rings (SSSR count). The number of hydrogen-bond acceptors (Lipinski definition) is 1. The van der Waals surface area contributed by atoms with Crippen molar-refractivity contribution in [2.24, 2.45) is 0 Å². The van der Waals surface area contributed by atoms with Crippen molar-refractivity contribution >= 4 is 11.1 Å². The lowest BCUT2D eigenvalue weighted by atomic mass is 9.84. The average Bonchev–Trinajstić information content (AvgIpc) is 2.48. The number of allylic oxidation sites excluding steroid dienone is 2. The highest BCUT2D eigenvalue weighted by atomic mass is 14.7. The van der Waals surface area contributed by atoms with E-state index in [1.165, 1.54) is 52.8 Å². The van der Waals surface area contributed by atoms with Crippen molar-refractivity contribution in [3.05, 3.63) is 65.0 Å². The standard InChI is InChI=1S/C19H21N/c1-14-12-15(2)19(20-13-14)18-11-7-6-10-17(18)16-8-4-3-5-9-16/h3-5,8-9,12-13H,6-7,10-11H2,1-2H3. The van der Waals surface area contributed by atoms with Gasteiger partial charge in [-0.1, -0.05) is 36.4 Å². The normalized spacial score (nSPS) is 15.5. The average molecular weight is 263 g/mol. The molecule has 0 unspecified atom stereocenters. The summed E-state index contributed by atoms with van der Waals surface area (Å²) in [6, 6.07) is 13.0. The SMILES string of the molecule is Cc1cnc(C2=C(c3ccccc3)CCCC2)c(C)c1. The Kier molecular flexibility index (Phi) is 3.68. The molecule has 20 heavy (non-hydrogen) atoms. The van der Waals surface area contributed by atoms with E-state index in [1.807, 2.05) is 6.20 Å². The maximum atomic E-state index is 4.72. The van der Waals surface area contributed by atoms with Crippen LogP contribution in [0.1, 0.15) is 48.1 Å². The van der Waals surface area contributed by atoms with E-state index in [0.29, 0.717) is 0 Å². The summed E-state index contributed by atoms with van der Waals surface area (Å²) in [6.45, 7) is 4.29. The molecule has 1 aliphatic carbocycles. The van der Waals surface area contributed by atoms with E-state index in [4.69, 9.17) is 4.98 Å². The second-order valence-electron chi connectivity index (χ2n) is 5.71. The van der Waals surface area contributed by atoms with Crippen LogP contribution >= 0.6 is 0 Å². The van der Waals surface area contributed by atoms with Gasteiger partial charge in [0.15, 0.2) is 0 Å². The molecule has 1 aromatic heterocycles. The fourth-order valence-corrected chi connectivity index (χ4v) is 3.16. The number of benzene rings is 1. The van der Waals surface area contributed by atoms with E-state index >= 15 is 0 Å². The zero-order valence-corrected chi connectivity index (χ0v) is 12.3. The number of aryl methyl sites for hydroxylation is 2. The van der Waals surface area contributed by atoms with Crippen molar-refractivity contribution < 1.29 is 0 Å². The molecule has 0 bridgehead atoms. The van der Waals surface area contributed by atoms with Crippen LogP contribution in [0.5, 0.6) is 0 Å². The zero-order chi connectivity index (χ0) is 13.9. The Morgan fingerprint density at radius 1 is 0.900 bits per heavy atom. The molecule has 0 radical (unpaired) electrons. The lowest BCUT2D eigenvalue weighted by Gasteiger charge is -2.21. The minimum absolute atomic E-state index is 1.15. The van der Waals surface area contributed by atoms with Crippen LogP contribution in [0.15, 0.2) is 42.6 Å². The molecule has 0 aliphatic heterocycles. The molecular weight excluding hydrogens is 242 g/mol. The predicted molar refractivity (Wildman–Crippen MR) is 85.4 cm³/mol. The fourth-order valence-electron chi connectivity index (χ4n) is 3.16. The minimum atomic E-state index is 1.15. The third-order valence-electron chi connectivity index (χ3n) is 4.09. The van der Waals surface area contributed by atoms with Crippen LogP contribution in [0.25, 0.3) is 11.1 Å².